The van der Waals surface area contributed by atoms with Gasteiger partial charge in [-0.15, -0.1) is 0 Å². The van der Waals surface area contributed by atoms with Gasteiger partial charge in [-0.05, 0) is 54.6 Å². The quantitative estimate of drug-likeness (QED) is 0.323. The molecule has 10 nitrogen and oxygen atoms in total. The van der Waals surface area contributed by atoms with Crippen LogP contribution in [0.1, 0.15) is 24.2 Å². The molecule has 0 aliphatic rings. The minimum Gasteiger partial charge on any atom is -0.326 e. The van der Waals surface area contributed by atoms with Crippen molar-refractivity contribution >= 4 is 44.6 Å². The Morgan fingerprint density at radius 2 is 1.41 bits per heavy atom. The van der Waals surface area contributed by atoms with E-state index in [4.69, 9.17) is 0 Å². The fraction of sp³-hybridized carbons (Fsp3) is 0.130. The van der Waals surface area contributed by atoms with E-state index in [1.807, 2.05) is 0 Å². The SMILES string of the molecule is CC(C)C(=O)Nc1ccc(NC(=O)c2ccc(NS(=O)(=O)c3cccc([N+](=O)[O-])c3)cc2)cc1. The Kier molecular flexibility index (Phi) is 7.27. The van der Waals surface area contributed by atoms with E-state index < -0.39 is 20.9 Å². The third kappa shape index (κ3) is 6.17. The number of nitro groups is 1. The van der Waals surface area contributed by atoms with Gasteiger partial charge in [-0.1, -0.05) is 19.9 Å². The maximum atomic E-state index is 12.5. The highest BCUT2D eigenvalue weighted by Gasteiger charge is 2.18. The predicted octanol–water partition coefficient (Wildman–Crippen LogP) is 4.24. The maximum Gasteiger partial charge on any atom is 0.270 e. The van der Waals surface area contributed by atoms with Gasteiger partial charge >= 0.3 is 0 Å². The van der Waals surface area contributed by atoms with Crippen LogP contribution in [0.2, 0.25) is 0 Å². The summed E-state index contributed by atoms with van der Waals surface area (Å²) in [6.07, 6.45) is 0. The number of benzene rings is 3. The van der Waals surface area contributed by atoms with Gasteiger partial charge in [0, 0.05) is 40.7 Å². The number of nitrogens with zero attached hydrogens (tertiary/aromatic N) is 1. The number of carbonyl (C=O) groups is 2. The first kappa shape index (κ1) is 24.4. The van der Waals surface area contributed by atoms with E-state index in [0.29, 0.717) is 11.4 Å². The highest BCUT2D eigenvalue weighted by atomic mass is 32.2. The van der Waals surface area contributed by atoms with Crippen molar-refractivity contribution in [1.82, 2.24) is 0 Å². The molecule has 0 radical (unpaired) electrons. The van der Waals surface area contributed by atoms with Crippen LogP contribution in [-0.4, -0.2) is 25.2 Å². The van der Waals surface area contributed by atoms with Crippen LogP contribution in [-0.2, 0) is 14.8 Å². The summed E-state index contributed by atoms with van der Waals surface area (Å²) in [6.45, 7) is 3.57. The molecule has 0 aromatic heterocycles. The number of nitrogens with one attached hydrogen (secondary N) is 3. The molecule has 0 unspecified atom stereocenters. The lowest BCUT2D eigenvalue weighted by atomic mass is 10.2. The second-order valence-corrected chi connectivity index (χ2v) is 9.30. The number of amides is 2. The third-order valence-corrected chi connectivity index (χ3v) is 6.05. The summed E-state index contributed by atoms with van der Waals surface area (Å²) in [4.78, 5) is 34.2. The first-order valence-electron chi connectivity index (χ1n) is 10.1. The summed E-state index contributed by atoms with van der Waals surface area (Å²) >= 11 is 0. The highest BCUT2D eigenvalue weighted by Crippen LogP contribution is 2.21. The number of anilines is 3. The normalized spacial score (nSPS) is 11.0. The molecule has 34 heavy (non-hydrogen) atoms. The van der Waals surface area contributed by atoms with Crippen LogP contribution < -0.4 is 15.4 Å². The molecule has 0 atom stereocenters. The van der Waals surface area contributed by atoms with Crippen LogP contribution in [0.25, 0.3) is 0 Å². The Labute approximate surface area is 196 Å². The van der Waals surface area contributed by atoms with Crippen molar-refractivity contribution in [3.63, 3.8) is 0 Å². The van der Waals surface area contributed by atoms with Crippen LogP contribution in [0.5, 0.6) is 0 Å². The first-order valence-corrected chi connectivity index (χ1v) is 11.6. The highest BCUT2D eigenvalue weighted by molar-refractivity contribution is 7.92. The average molecular weight is 483 g/mol. The van der Waals surface area contributed by atoms with Crippen LogP contribution in [0.3, 0.4) is 0 Å². The largest absolute Gasteiger partial charge is 0.326 e. The zero-order valence-electron chi connectivity index (χ0n) is 18.3. The molecule has 0 saturated carbocycles. The molecule has 0 spiro atoms. The molecule has 3 N–H and O–H groups in total. The predicted molar refractivity (Wildman–Crippen MR) is 128 cm³/mol. The van der Waals surface area contributed by atoms with E-state index in [0.717, 1.165) is 6.07 Å². The Morgan fingerprint density at radius 3 is 1.97 bits per heavy atom. The molecule has 0 fully saturated rings. The number of sulfonamides is 1. The molecule has 3 aromatic carbocycles. The number of rotatable bonds is 8. The monoisotopic (exact) mass is 482 g/mol. The topological polar surface area (TPSA) is 148 Å². The second kappa shape index (κ2) is 10.1. The summed E-state index contributed by atoms with van der Waals surface area (Å²) in [5.41, 5.74) is 1.26. The lowest BCUT2D eigenvalue weighted by molar-refractivity contribution is -0.385. The fourth-order valence-corrected chi connectivity index (χ4v) is 3.89. The van der Waals surface area contributed by atoms with Crippen molar-refractivity contribution in [2.75, 3.05) is 15.4 Å². The smallest absolute Gasteiger partial charge is 0.270 e. The summed E-state index contributed by atoms with van der Waals surface area (Å²) in [5.74, 6) is -0.678. The van der Waals surface area contributed by atoms with E-state index in [9.17, 15) is 28.1 Å². The summed E-state index contributed by atoms with van der Waals surface area (Å²) < 4.78 is 27.4. The second-order valence-electron chi connectivity index (χ2n) is 7.61. The molecule has 0 bridgehead atoms. The summed E-state index contributed by atoms with van der Waals surface area (Å²) in [5, 5.41) is 16.4. The zero-order chi connectivity index (χ0) is 24.9. The summed E-state index contributed by atoms with van der Waals surface area (Å²) in [6, 6.07) is 17.0. The minimum atomic E-state index is -4.05. The Bertz CT molecular complexity index is 1320. The molecular weight excluding hydrogens is 460 g/mol. The van der Waals surface area contributed by atoms with Crippen LogP contribution in [0.15, 0.2) is 77.7 Å². The van der Waals surface area contributed by atoms with E-state index >= 15 is 0 Å². The van der Waals surface area contributed by atoms with Crippen molar-refractivity contribution in [3.05, 3.63) is 88.5 Å². The van der Waals surface area contributed by atoms with E-state index in [1.54, 1.807) is 38.1 Å². The van der Waals surface area contributed by atoms with Crippen molar-refractivity contribution < 1.29 is 22.9 Å². The van der Waals surface area contributed by atoms with Crippen molar-refractivity contribution in [1.29, 1.82) is 0 Å². The average Bonchev–Trinajstić information content (AvgIpc) is 2.80. The first-order chi connectivity index (χ1) is 16.0. The lowest BCUT2D eigenvalue weighted by Crippen LogP contribution is -2.17. The molecule has 176 valence electrons. The minimum absolute atomic E-state index is 0.113. The van der Waals surface area contributed by atoms with Gasteiger partial charge in [0.15, 0.2) is 0 Å². The molecule has 3 aromatic rings. The third-order valence-electron chi connectivity index (χ3n) is 4.67. The number of nitro benzene ring substituents is 1. The molecule has 0 aliphatic heterocycles. The van der Waals surface area contributed by atoms with Crippen LogP contribution in [0.4, 0.5) is 22.7 Å². The fourth-order valence-electron chi connectivity index (χ4n) is 2.79. The van der Waals surface area contributed by atoms with Gasteiger partial charge < -0.3 is 10.6 Å². The lowest BCUT2D eigenvalue weighted by Gasteiger charge is -2.10. The number of hydrogen-bond acceptors (Lipinski definition) is 6. The Balaban J connectivity index is 1.65. The van der Waals surface area contributed by atoms with Gasteiger partial charge in [-0.25, -0.2) is 8.42 Å². The number of carbonyl (C=O) groups excluding carboxylic acids is 2. The number of hydrogen-bond donors (Lipinski definition) is 3. The van der Waals surface area contributed by atoms with Gasteiger partial charge in [0.25, 0.3) is 21.6 Å². The van der Waals surface area contributed by atoms with Gasteiger partial charge in [0.2, 0.25) is 5.91 Å². The number of non-ortho nitro benzene ring substituents is 1. The molecular formula is C23H22N4O6S. The molecule has 0 saturated heterocycles. The van der Waals surface area contributed by atoms with Gasteiger partial charge in [0.05, 0.1) is 9.82 Å². The van der Waals surface area contributed by atoms with Gasteiger partial charge in [0.1, 0.15) is 0 Å². The van der Waals surface area contributed by atoms with Crippen molar-refractivity contribution in [2.45, 2.75) is 18.7 Å². The van der Waals surface area contributed by atoms with Crippen LogP contribution in [0, 0.1) is 16.0 Å². The van der Waals surface area contributed by atoms with E-state index in [2.05, 4.69) is 15.4 Å². The molecule has 0 heterocycles. The van der Waals surface area contributed by atoms with Crippen molar-refractivity contribution in [3.8, 4) is 0 Å². The zero-order valence-corrected chi connectivity index (χ0v) is 19.1. The molecule has 11 heteroatoms. The van der Waals surface area contributed by atoms with Gasteiger partial charge in [-0.3, -0.25) is 24.4 Å². The Hall–Kier alpha value is -4.25. The van der Waals surface area contributed by atoms with Crippen molar-refractivity contribution in [2.24, 2.45) is 5.92 Å². The molecule has 2 amide bonds. The Morgan fingerprint density at radius 1 is 0.853 bits per heavy atom. The van der Waals surface area contributed by atoms with E-state index in [1.165, 1.54) is 42.5 Å². The molecule has 0 aliphatic carbocycles. The molecule has 3 rings (SSSR count). The summed E-state index contributed by atoms with van der Waals surface area (Å²) in [7, 11) is -4.05. The standard InChI is InChI=1S/C23H22N4O6S/c1-15(2)22(28)24-17-10-12-18(13-11-17)25-23(29)16-6-8-19(9-7-16)26-34(32,33)21-5-3-4-20(14-21)27(30)31/h3-15,26H,1-2H3,(H,24,28)(H,25,29). The van der Waals surface area contributed by atoms with Gasteiger partial charge in [-0.2, -0.15) is 0 Å². The van der Waals surface area contributed by atoms with E-state index in [-0.39, 0.29) is 33.7 Å². The maximum absolute atomic E-state index is 12.5. The van der Waals surface area contributed by atoms with Crippen LogP contribution >= 0.6 is 0 Å².